The summed E-state index contributed by atoms with van der Waals surface area (Å²) in [5, 5.41) is 3.74. The van der Waals surface area contributed by atoms with E-state index in [0.717, 1.165) is 16.9 Å². The van der Waals surface area contributed by atoms with Crippen molar-refractivity contribution in [1.82, 2.24) is 24.8 Å². The second-order valence-corrected chi connectivity index (χ2v) is 7.41. The van der Waals surface area contributed by atoms with Crippen LogP contribution in [-0.2, 0) is 11.3 Å². The van der Waals surface area contributed by atoms with E-state index in [1.54, 1.807) is 0 Å². The van der Waals surface area contributed by atoms with Crippen LogP contribution in [0, 0.1) is 5.82 Å². The van der Waals surface area contributed by atoms with E-state index in [2.05, 4.69) is 30.2 Å². The SMILES string of the molecule is CN(CCNc1nc(N2CCOCC2)ncc1F)Cc1nc2ccc(Cl)cc2[nH]1. The Balaban J connectivity index is 1.31. The maximum Gasteiger partial charge on any atom is 0.227 e. The molecule has 8 nitrogen and oxygen atoms in total. The van der Waals surface area contributed by atoms with E-state index in [-0.39, 0.29) is 5.82 Å². The number of hydrogen-bond donors (Lipinski definition) is 2. The lowest BCUT2D eigenvalue weighted by Gasteiger charge is -2.27. The molecule has 0 amide bonds. The molecule has 3 heterocycles. The number of anilines is 2. The lowest BCUT2D eigenvalue weighted by atomic mass is 10.3. The molecule has 0 radical (unpaired) electrons. The Labute approximate surface area is 173 Å². The van der Waals surface area contributed by atoms with Gasteiger partial charge in [0.25, 0.3) is 0 Å². The fourth-order valence-electron chi connectivity index (χ4n) is 3.21. The van der Waals surface area contributed by atoms with Gasteiger partial charge in [-0.2, -0.15) is 4.98 Å². The highest BCUT2D eigenvalue weighted by atomic mass is 35.5. The van der Waals surface area contributed by atoms with Crippen molar-refractivity contribution in [3.8, 4) is 0 Å². The molecule has 10 heteroatoms. The molecule has 0 spiro atoms. The largest absolute Gasteiger partial charge is 0.378 e. The molecule has 2 N–H and O–H groups in total. The Morgan fingerprint density at radius 1 is 1.31 bits per heavy atom. The summed E-state index contributed by atoms with van der Waals surface area (Å²) >= 11 is 6.02. The molecule has 0 aliphatic carbocycles. The molecular weight excluding hydrogens is 397 g/mol. The van der Waals surface area contributed by atoms with Crippen molar-refractivity contribution in [2.45, 2.75) is 6.54 Å². The summed E-state index contributed by atoms with van der Waals surface area (Å²) in [6.45, 7) is 4.53. The third-order valence-corrected chi connectivity index (χ3v) is 4.96. The van der Waals surface area contributed by atoms with Crippen LogP contribution < -0.4 is 10.2 Å². The molecule has 0 bridgehead atoms. The molecule has 29 heavy (non-hydrogen) atoms. The lowest BCUT2D eigenvalue weighted by molar-refractivity contribution is 0.122. The van der Waals surface area contributed by atoms with Crippen molar-refractivity contribution in [1.29, 1.82) is 0 Å². The first-order valence-corrected chi connectivity index (χ1v) is 9.88. The van der Waals surface area contributed by atoms with Crippen LogP contribution in [-0.4, -0.2) is 71.3 Å². The van der Waals surface area contributed by atoms with Crippen molar-refractivity contribution in [3.05, 3.63) is 41.1 Å². The molecular formula is C19H23ClFN7O. The van der Waals surface area contributed by atoms with Crippen LogP contribution >= 0.6 is 11.6 Å². The number of H-pyrrole nitrogens is 1. The molecule has 4 rings (SSSR count). The van der Waals surface area contributed by atoms with Crippen LogP contribution in [0.3, 0.4) is 0 Å². The van der Waals surface area contributed by atoms with Gasteiger partial charge in [0.2, 0.25) is 5.95 Å². The van der Waals surface area contributed by atoms with Crippen molar-refractivity contribution >= 4 is 34.4 Å². The number of hydrogen-bond acceptors (Lipinski definition) is 7. The van der Waals surface area contributed by atoms with E-state index >= 15 is 0 Å². The van der Waals surface area contributed by atoms with Gasteiger partial charge in [0, 0.05) is 31.2 Å². The average molecular weight is 420 g/mol. The maximum atomic E-state index is 14.1. The fourth-order valence-corrected chi connectivity index (χ4v) is 3.38. The summed E-state index contributed by atoms with van der Waals surface area (Å²) in [6.07, 6.45) is 1.21. The molecule has 3 aromatic rings. The van der Waals surface area contributed by atoms with Gasteiger partial charge in [-0.3, -0.25) is 4.90 Å². The van der Waals surface area contributed by atoms with Gasteiger partial charge in [0.1, 0.15) is 5.82 Å². The number of halogens is 2. The maximum absolute atomic E-state index is 14.1. The van der Waals surface area contributed by atoms with Gasteiger partial charge in [-0.05, 0) is 25.2 Å². The molecule has 154 valence electrons. The summed E-state index contributed by atoms with van der Waals surface area (Å²) in [6, 6.07) is 5.58. The number of nitrogens with zero attached hydrogens (tertiary/aromatic N) is 5. The highest BCUT2D eigenvalue weighted by Gasteiger charge is 2.16. The Bertz CT molecular complexity index is 976. The van der Waals surface area contributed by atoms with Gasteiger partial charge in [0.05, 0.1) is 37.0 Å². The van der Waals surface area contributed by atoms with Crippen molar-refractivity contribution in [3.63, 3.8) is 0 Å². The fraction of sp³-hybridized carbons (Fsp3) is 0.421. The van der Waals surface area contributed by atoms with Crippen molar-refractivity contribution < 1.29 is 9.13 Å². The minimum absolute atomic E-state index is 0.216. The van der Waals surface area contributed by atoms with E-state index < -0.39 is 5.82 Å². The minimum atomic E-state index is -0.459. The zero-order valence-corrected chi connectivity index (χ0v) is 16.9. The summed E-state index contributed by atoms with van der Waals surface area (Å²) < 4.78 is 19.4. The first-order chi connectivity index (χ1) is 14.1. The van der Waals surface area contributed by atoms with Gasteiger partial charge in [0.15, 0.2) is 11.6 Å². The number of benzene rings is 1. The van der Waals surface area contributed by atoms with Crippen molar-refractivity contribution in [2.75, 3.05) is 56.7 Å². The third-order valence-electron chi connectivity index (χ3n) is 4.72. The van der Waals surface area contributed by atoms with Crippen LogP contribution in [0.25, 0.3) is 11.0 Å². The molecule has 1 saturated heterocycles. The molecule has 0 saturated carbocycles. The summed E-state index contributed by atoms with van der Waals surface area (Å²) in [5.74, 6) is 1.13. The number of morpholine rings is 1. The first-order valence-electron chi connectivity index (χ1n) is 9.50. The standard InChI is InChI=1S/C19H23ClFN7O/c1-27(12-17-24-15-3-2-13(20)10-16(15)25-17)5-4-22-18-14(21)11-23-19(26-18)28-6-8-29-9-7-28/h2-3,10-11H,4-9,12H2,1H3,(H,24,25)(H,22,23,26). The zero-order valence-electron chi connectivity index (χ0n) is 16.2. The Morgan fingerprint density at radius 2 is 2.14 bits per heavy atom. The normalized spacial score (nSPS) is 14.7. The molecule has 2 aromatic heterocycles. The summed E-state index contributed by atoms with van der Waals surface area (Å²) in [7, 11) is 1.98. The molecule has 1 aliphatic rings. The smallest absolute Gasteiger partial charge is 0.227 e. The number of rotatable bonds is 7. The quantitative estimate of drug-likeness (QED) is 0.609. The number of likely N-dealkylation sites (N-methyl/N-ethyl adjacent to an activating group) is 1. The monoisotopic (exact) mass is 419 g/mol. The second kappa shape index (κ2) is 8.89. The van der Waals surface area contributed by atoms with E-state index in [4.69, 9.17) is 16.3 Å². The number of aromatic amines is 1. The van der Waals surface area contributed by atoms with Crippen molar-refractivity contribution in [2.24, 2.45) is 0 Å². The molecule has 0 unspecified atom stereocenters. The minimum Gasteiger partial charge on any atom is -0.378 e. The second-order valence-electron chi connectivity index (χ2n) is 6.98. The zero-order chi connectivity index (χ0) is 20.2. The number of aromatic nitrogens is 4. The van der Waals surface area contributed by atoms with Gasteiger partial charge >= 0.3 is 0 Å². The predicted molar refractivity (Wildman–Crippen MR) is 111 cm³/mol. The van der Waals surface area contributed by atoms with E-state index in [1.807, 2.05) is 30.1 Å². The topological polar surface area (TPSA) is 82.2 Å². The van der Waals surface area contributed by atoms with Gasteiger partial charge in [-0.1, -0.05) is 11.6 Å². The highest BCUT2D eigenvalue weighted by Crippen LogP contribution is 2.18. The van der Waals surface area contributed by atoms with Gasteiger partial charge in [-0.15, -0.1) is 0 Å². The average Bonchev–Trinajstić information content (AvgIpc) is 3.11. The van der Waals surface area contributed by atoms with E-state index in [0.29, 0.717) is 56.9 Å². The highest BCUT2D eigenvalue weighted by molar-refractivity contribution is 6.31. The summed E-state index contributed by atoms with van der Waals surface area (Å²) in [4.78, 5) is 20.4. The lowest BCUT2D eigenvalue weighted by Crippen LogP contribution is -2.37. The van der Waals surface area contributed by atoms with Crippen LogP contribution in [0.5, 0.6) is 0 Å². The van der Waals surface area contributed by atoms with Gasteiger partial charge < -0.3 is 19.9 Å². The van der Waals surface area contributed by atoms with Crippen LogP contribution in [0.4, 0.5) is 16.2 Å². The summed E-state index contributed by atoms with van der Waals surface area (Å²) in [5.41, 5.74) is 1.80. The Kier molecular flexibility index (Phi) is 6.08. The van der Waals surface area contributed by atoms with E-state index in [1.165, 1.54) is 6.20 Å². The number of nitrogens with one attached hydrogen (secondary N) is 2. The van der Waals surface area contributed by atoms with Crippen LogP contribution in [0.2, 0.25) is 5.02 Å². The molecule has 1 aliphatic heterocycles. The molecule has 1 aromatic carbocycles. The van der Waals surface area contributed by atoms with Gasteiger partial charge in [-0.25, -0.2) is 14.4 Å². The van der Waals surface area contributed by atoms with Crippen LogP contribution in [0.1, 0.15) is 5.82 Å². The third kappa shape index (κ3) is 4.92. The number of fused-ring (bicyclic) bond motifs is 1. The first kappa shape index (κ1) is 19.8. The molecule has 1 fully saturated rings. The number of imidazole rings is 1. The predicted octanol–water partition coefficient (Wildman–Crippen LogP) is 2.53. The number of ether oxygens (including phenoxy) is 1. The Hall–Kier alpha value is -2.49. The van der Waals surface area contributed by atoms with E-state index in [9.17, 15) is 4.39 Å². The Morgan fingerprint density at radius 3 is 2.97 bits per heavy atom. The van der Waals surface area contributed by atoms with Crippen LogP contribution in [0.15, 0.2) is 24.4 Å². The molecule has 0 atom stereocenters.